The van der Waals surface area contributed by atoms with Crippen LogP contribution in [-0.4, -0.2) is 0 Å². The summed E-state index contributed by atoms with van der Waals surface area (Å²) in [7, 11) is 0. The van der Waals surface area contributed by atoms with E-state index in [9.17, 15) is 0 Å². The Bertz CT molecular complexity index is 394. The van der Waals surface area contributed by atoms with Gasteiger partial charge in [-0.1, -0.05) is 23.7 Å². The normalized spacial score (nSPS) is 12.7. The summed E-state index contributed by atoms with van der Waals surface area (Å²) in [6, 6.07) is 9.66. The van der Waals surface area contributed by atoms with E-state index in [0.717, 1.165) is 16.1 Å². The fraction of sp³-hybridized carbons (Fsp3) is 0.0909. The Morgan fingerprint density at radius 2 is 1.79 bits per heavy atom. The van der Waals surface area contributed by atoms with Crippen LogP contribution in [-0.2, 0) is 0 Å². The molecule has 0 aliphatic carbocycles. The second kappa shape index (κ2) is 4.13. The van der Waals surface area contributed by atoms with Gasteiger partial charge < -0.3 is 5.73 Å². The van der Waals surface area contributed by atoms with E-state index in [4.69, 9.17) is 17.3 Å². The van der Waals surface area contributed by atoms with Gasteiger partial charge in [-0.15, -0.1) is 0 Å². The number of thiophene rings is 1. The summed E-state index contributed by atoms with van der Waals surface area (Å²) in [5.74, 6) is 0. The molecule has 0 saturated heterocycles. The molecule has 2 N–H and O–H groups in total. The van der Waals surface area contributed by atoms with Crippen molar-refractivity contribution in [1.29, 1.82) is 0 Å². The Morgan fingerprint density at radius 3 is 2.36 bits per heavy atom. The van der Waals surface area contributed by atoms with Crippen molar-refractivity contribution in [3.05, 3.63) is 57.2 Å². The van der Waals surface area contributed by atoms with Gasteiger partial charge in [0, 0.05) is 5.02 Å². The largest absolute Gasteiger partial charge is 0.320 e. The monoisotopic (exact) mass is 223 g/mol. The summed E-state index contributed by atoms with van der Waals surface area (Å²) >= 11 is 7.46. The van der Waals surface area contributed by atoms with E-state index in [2.05, 4.69) is 5.38 Å². The van der Waals surface area contributed by atoms with Crippen LogP contribution in [0.5, 0.6) is 0 Å². The van der Waals surface area contributed by atoms with Gasteiger partial charge in [-0.2, -0.15) is 11.3 Å². The lowest BCUT2D eigenvalue weighted by Gasteiger charge is -2.09. The van der Waals surface area contributed by atoms with Crippen molar-refractivity contribution in [2.75, 3.05) is 0 Å². The van der Waals surface area contributed by atoms with Gasteiger partial charge in [-0.25, -0.2) is 0 Å². The van der Waals surface area contributed by atoms with Gasteiger partial charge >= 0.3 is 0 Å². The molecule has 14 heavy (non-hydrogen) atoms. The lowest BCUT2D eigenvalue weighted by Crippen LogP contribution is -2.10. The molecule has 3 heteroatoms. The van der Waals surface area contributed by atoms with Gasteiger partial charge in [0.2, 0.25) is 0 Å². The summed E-state index contributed by atoms with van der Waals surface area (Å²) in [6.45, 7) is 0. The highest BCUT2D eigenvalue weighted by Gasteiger charge is 2.08. The first kappa shape index (κ1) is 9.71. The van der Waals surface area contributed by atoms with Crippen LogP contribution in [0, 0.1) is 0 Å². The van der Waals surface area contributed by atoms with Crippen LogP contribution in [0.25, 0.3) is 0 Å². The van der Waals surface area contributed by atoms with Crippen LogP contribution in [0.15, 0.2) is 41.1 Å². The molecule has 0 fully saturated rings. The summed E-state index contributed by atoms with van der Waals surface area (Å²) in [6.07, 6.45) is 0. The molecule has 2 rings (SSSR count). The minimum atomic E-state index is -0.0430. The average molecular weight is 224 g/mol. The smallest absolute Gasteiger partial charge is 0.0559 e. The number of hydrogen-bond acceptors (Lipinski definition) is 2. The summed E-state index contributed by atoms with van der Waals surface area (Å²) in [5, 5.41) is 4.84. The highest BCUT2D eigenvalue weighted by atomic mass is 35.5. The van der Waals surface area contributed by atoms with Gasteiger partial charge in [0.15, 0.2) is 0 Å². The van der Waals surface area contributed by atoms with Gasteiger partial charge in [0.25, 0.3) is 0 Å². The molecule has 1 aromatic carbocycles. The van der Waals surface area contributed by atoms with Gasteiger partial charge in [0.05, 0.1) is 6.04 Å². The van der Waals surface area contributed by atoms with Crippen molar-refractivity contribution < 1.29 is 0 Å². The topological polar surface area (TPSA) is 26.0 Å². The van der Waals surface area contributed by atoms with Gasteiger partial charge in [-0.3, -0.25) is 0 Å². The molecule has 0 aliphatic rings. The molecule has 0 bridgehead atoms. The number of rotatable bonds is 2. The average Bonchev–Trinajstić information content (AvgIpc) is 2.71. The molecule has 1 heterocycles. The molecular weight excluding hydrogens is 214 g/mol. The van der Waals surface area contributed by atoms with E-state index in [1.807, 2.05) is 35.7 Å². The third kappa shape index (κ3) is 1.98. The molecule has 0 radical (unpaired) electrons. The molecule has 1 aromatic heterocycles. The minimum absolute atomic E-state index is 0.0430. The van der Waals surface area contributed by atoms with E-state index in [0.29, 0.717) is 0 Å². The van der Waals surface area contributed by atoms with Crippen LogP contribution in [0.4, 0.5) is 0 Å². The Morgan fingerprint density at radius 1 is 1.07 bits per heavy atom. The zero-order chi connectivity index (χ0) is 9.97. The lowest BCUT2D eigenvalue weighted by atomic mass is 10.0. The number of benzene rings is 1. The molecule has 0 amide bonds. The van der Waals surface area contributed by atoms with E-state index >= 15 is 0 Å². The predicted molar refractivity (Wildman–Crippen MR) is 61.8 cm³/mol. The van der Waals surface area contributed by atoms with Gasteiger partial charge in [-0.05, 0) is 40.1 Å². The Hall–Kier alpha value is -0.830. The first-order valence-corrected chi connectivity index (χ1v) is 5.62. The van der Waals surface area contributed by atoms with Crippen LogP contribution in [0.3, 0.4) is 0 Å². The first-order valence-electron chi connectivity index (χ1n) is 4.30. The maximum atomic E-state index is 6.07. The molecule has 0 saturated carbocycles. The Balaban J connectivity index is 2.28. The van der Waals surface area contributed by atoms with Crippen molar-refractivity contribution in [3.8, 4) is 0 Å². The SMILES string of the molecule is N[C@@H](c1ccc(Cl)cc1)c1ccsc1. The molecule has 2 aromatic rings. The molecule has 0 aliphatic heterocycles. The predicted octanol–water partition coefficient (Wildman–Crippen LogP) is 3.45. The summed E-state index contributed by atoms with van der Waals surface area (Å²) in [4.78, 5) is 0. The maximum Gasteiger partial charge on any atom is 0.0559 e. The van der Waals surface area contributed by atoms with E-state index in [1.165, 1.54) is 0 Å². The molecule has 1 nitrogen and oxygen atoms in total. The highest BCUT2D eigenvalue weighted by molar-refractivity contribution is 7.08. The zero-order valence-corrected chi connectivity index (χ0v) is 9.05. The Labute approximate surface area is 92.1 Å². The molecule has 0 spiro atoms. The maximum absolute atomic E-state index is 6.07. The van der Waals surface area contributed by atoms with Crippen LogP contribution in [0.1, 0.15) is 17.2 Å². The molecule has 72 valence electrons. The van der Waals surface area contributed by atoms with E-state index in [-0.39, 0.29) is 6.04 Å². The van der Waals surface area contributed by atoms with Crippen molar-refractivity contribution in [3.63, 3.8) is 0 Å². The number of hydrogen-bond donors (Lipinski definition) is 1. The van der Waals surface area contributed by atoms with E-state index in [1.54, 1.807) is 11.3 Å². The zero-order valence-electron chi connectivity index (χ0n) is 7.48. The molecule has 1 atom stereocenters. The highest BCUT2D eigenvalue weighted by Crippen LogP contribution is 2.22. The van der Waals surface area contributed by atoms with Crippen molar-refractivity contribution in [2.45, 2.75) is 6.04 Å². The molecular formula is C11H10ClNS. The summed E-state index contributed by atoms with van der Waals surface area (Å²) < 4.78 is 0. The van der Waals surface area contributed by atoms with Crippen molar-refractivity contribution in [2.24, 2.45) is 5.73 Å². The fourth-order valence-electron chi connectivity index (χ4n) is 1.31. The third-order valence-corrected chi connectivity index (χ3v) is 3.08. The Kier molecular flexibility index (Phi) is 2.87. The fourth-order valence-corrected chi connectivity index (χ4v) is 2.14. The second-order valence-electron chi connectivity index (χ2n) is 3.09. The second-order valence-corrected chi connectivity index (χ2v) is 4.30. The van der Waals surface area contributed by atoms with Crippen LogP contribution >= 0.6 is 22.9 Å². The third-order valence-electron chi connectivity index (χ3n) is 2.13. The van der Waals surface area contributed by atoms with Crippen LogP contribution in [0.2, 0.25) is 5.02 Å². The number of nitrogens with two attached hydrogens (primary N) is 1. The molecule has 0 unspecified atom stereocenters. The summed E-state index contributed by atoms with van der Waals surface area (Å²) in [5.41, 5.74) is 8.32. The standard InChI is InChI=1S/C11H10ClNS/c12-10-3-1-8(2-4-10)11(13)9-5-6-14-7-9/h1-7,11H,13H2/t11-/m0/s1. The lowest BCUT2D eigenvalue weighted by molar-refractivity contribution is 0.877. The van der Waals surface area contributed by atoms with Crippen LogP contribution < -0.4 is 5.73 Å². The number of halogens is 1. The van der Waals surface area contributed by atoms with Crippen molar-refractivity contribution in [1.82, 2.24) is 0 Å². The first-order chi connectivity index (χ1) is 6.77. The quantitative estimate of drug-likeness (QED) is 0.829. The minimum Gasteiger partial charge on any atom is -0.320 e. The van der Waals surface area contributed by atoms with Crippen molar-refractivity contribution >= 4 is 22.9 Å². The van der Waals surface area contributed by atoms with E-state index < -0.39 is 0 Å². The van der Waals surface area contributed by atoms with Gasteiger partial charge in [0.1, 0.15) is 0 Å².